The van der Waals surface area contributed by atoms with Crippen molar-refractivity contribution in [1.82, 2.24) is 9.80 Å². The molecule has 1 aliphatic rings. The summed E-state index contributed by atoms with van der Waals surface area (Å²) in [4.78, 5) is 16.7. The maximum atomic E-state index is 12.3. The Morgan fingerprint density at radius 1 is 1.16 bits per heavy atom. The molecule has 0 aromatic heterocycles. The first kappa shape index (κ1) is 14.4. The number of carbonyl (C=O) groups is 1. The third-order valence-corrected chi connectivity index (χ3v) is 3.86. The van der Waals surface area contributed by atoms with Crippen molar-refractivity contribution in [2.75, 3.05) is 32.7 Å². The van der Waals surface area contributed by atoms with Gasteiger partial charge in [-0.1, -0.05) is 19.1 Å². The second kappa shape index (κ2) is 6.92. The van der Waals surface area contributed by atoms with E-state index in [0.717, 1.165) is 43.9 Å². The average Bonchev–Trinajstić information content (AvgIpc) is 2.48. The quantitative estimate of drug-likeness (QED) is 0.792. The molecular formula is C15H21ClN2O. The van der Waals surface area contributed by atoms with Crippen LogP contribution in [0.3, 0.4) is 0 Å². The molecule has 1 aliphatic heterocycles. The first-order chi connectivity index (χ1) is 9.24. The molecule has 4 heteroatoms. The molecule has 1 aromatic rings. The number of carbonyl (C=O) groups excluding carboxylic acids is 1. The van der Waals surface area contributed by atoms with Gasteiger partial charge in [0.05, 0.1) is 0 Å². The predicted molar refractivity (Wildman–Crippen MR) is 78.6 cm³/mol. The van der Waals surface area contributed by atoms with Gasteiger partial charge in [0.25, 0.3) is 5.91 Å². The number of nitrogens with zero attached hydrogens (tertiary/aromatic N) is 2. The van der Waals surface area contributed by atoms with Crippen molar-refractivity contribution in [2.45, 2.75) is 19.2 Å². The molecule has 1 heterocycles. The summed E-state index contributed by atoms with van der Waals surface area (Å²) in [5.41, 5.74) is 1.81. The predicted octanol–water partition coefficient (Wildman–Crippen LogP) is 2.59. The third kappa shape index (κ3) is 3.71. The molecule has 0 N–H and O–H groups in total. The number of amides is 1. The zero-order chi connectivity index (χ0) is 13.7. The molecule has 0 unspecified atom stereocenters. The van der Waals surface area contributed by atoms with E-state index in [1.807, 2.05) is 29.2 Å². The van der Waals surface area contributed by atoms with Crippen molar-refractivity contribution >= 4 is 17.5 Å². The van der Waals surface area contributed by atoms with Gasteiger partial charge in [-0.2, -0.15) is 0 Å². The van der Waals surface area contributed by atoms with Gasteiger partial charge in [-0.05, 0) is 30.7 Å². The highest BCUT2D eigenvalue weighted by Crippen LogP contribution is 2.11. The summed E-state index contributed by atoms with van der Waals surface area (Å²) in [6, 6.07) is 7.60. The Morgan fingerprint density at radius 2 is 1.79 bits per heavy atom. The molecule has 0 spiro atoms. The van der Waals surface area contributed by atoms with Crippen LogP contribution in [0.5, 0.6) is 0 Å². The van der Waals surface area contributed by atoms with Crippen molar-refractivity contribution in [3.8, 4) is 0 Å². The van der Waals surface area contributed by atoms with E-state index in [-0.39, 0.29) is 5.91 Å². The van der Waals surface area contributed by atoms with Crippen LogP contribution in [0.4, 0.5) is 0 Å². The van der Waals surface area contributed by atoms with Gasteiger partial charge in [0.15, 0.2) is 0 Å². The van der Waals surface area contributed by atoms with Crippen LogP contribution in [0.15, 0.2) is 24.3 Å². The van der Waals surface area contributed by atoms with Crippen molar-refractivity contribution in [1.29, 1.82) is 0 Å². The fraction of sp³-hybridized carbons (Fsp3) is 0.533. The molecule has 1 saturated heterocycles. The molecule has 2 rings (SSSR count). The normalized spacial score (nSPS) is 16.6. The molecule has 3 nitrogen and oxygen atoms in total. The molecule has 104 valence electrons. The molecule has 1 fully saturated rings. The van der Waals surface area contributed by atoms with Crippen molar-refractivity contribution in [3.63, 3.8) is 0 Å². The molecule has 1 amide bonds. The molecule has 0 saturated carbocycles. The Kier molecular flexibility index (Phi) is 5.23. The minimum atomic E-state index is 0.136. The Balaban J connectivity index is 1.93. The number of hydrogen-bond acceptors (Lipinski definition) is 2. The summed E-state index contributed by atoms with van der Waals surface area (Å²) in [5.74, 6) is 0.627. The summed E-state index contributed by atoms with van der Waals surface area (Å²) >= 11 is 5.75. The van der Waals surface area contributed by atoms with Crippen LogP contribution < -0.4 is 0 Å². The minimum absolute atomic E-state index is 0.136. The lowest BCUT2D eigenvalue weighted by molar-refractivity contribution is 0.0637. The average molecular weight is 281 g/mol. The lowest BCUT2D eigenvalue weighted by atomic mass is 10.1. The third-order valence-electron chi connectivity index (χ3n) is 3.55. The van der Waals surface area contributed by atoms with Crippen molar-refractivity contribution in [2.24, 2.45) is 0 Å². The smallest absolute Gasteiger partial charge is 0.253 e. The van der Waals surface area contributed by atoms with Crippen LogP contribution in [0.1, 0.15) is 29.3 Å². The van der Waals surface area contributed by atoms with E-state index >= 15 is 0 Å². The number of alkyl halides is 1. The van der Waals surface area contributed by atoms with E-state index in [1.54, 1.807) is 0 Å². The van der Waals surface area contributed by atoms with E-state index < -0.39 is 0 Å². The second-order valence-corrected chi connectivity index (χ2v) is 5.23. The lowest BCUT2D eigenvalue weighted by Crippen LogP contribution is -2.48. The van der Waals surface area contributed by atoms with E-state index in [4.69, 9.17) is 11.6 Å². The minimum Gasteiger partial charge on any atom is -0.336 e. The van der Waals surface area contributed by atoms with Gasteiger partial charge < -0.3 is 4.90 Å². The van der Waals surface area contributed by atoms with Crippen molar-refractivity contribution in [3.05, 3.63) is 35.4 Å². The summed E-state index contributed by atoms with van der Waals surface area (Å²) in [6.07, 6.45) is 1.17. The van der Waals surface area contributed by atoms with Crippen LogP contribution in [0.2, 0.25) is 0 Å². The molecule has 0 bridgehead atoms. The molecule has 0 aliphatic carbocycles. The lowest BCUT2D eigenvalue weighted by Gasteiger charge is -2.34. The number of halogens is 1. The summed E-state index contributed by atoms with van der Waals surface area (Å²) in [6.45, 7) is 6.95. The van der Waals surface area contributed by atoms with Gasteiger partial charge in [-0.15, -0.1) is 11.6 Å². The Labute approximate surface area is 120 Å². The number of benzene rings is 1. The fourth-order valence-corrected chi connectivity index (χ4v) is 2.59. The van der Waals surface area contributed by atoms with E-state index in [0.29, 0.717) is 5.88 Å². The SMILES string of the molecule is CCCN1CCN(C(=O)c2ccc(CCl)cc2)CC1. The number of rotatable bonds is 4. The number of piperazine rings is 1. The summed E-state index contributed by atoms with van der Waals surface area (Å²) in [5, 5.41) is 0. The monoisotopic (exact) mass is 280 g/mol. The van der Waals surface area contributed by atoms with Crippen LogP contribution in [-0.2, 0) is 5.88 Å². The summed E-state index contributed by atoms with van der Waals surface area (Å²) in [7, 11) is 0. The van der Waals surface area contributed by atoms with Gasteiger partial charge in [-0.25, -0.2) is 0 Å². The molecular weight excluding hydrogens is 260 g/mol. The second-order valence-electron chi connectivity index (χ2n) is 4.96. The molecule has 0 radical (unpaired) electrons. The van der Waals surface area contributed by atoms with E-state index in [2.05, 4.69) is 11.8 Å². The highest BCUT2D eigenvalue weighted by Gasteiger charge is 2.21. The van der Waals surface area contributed by atoms with Gasteiger partial charge in [0, 0.05) is 37.6 Å². The Hall–Kier alpha value is -1.06. The topological polar surface area (TPSA) is 23.6 Å². The van der Waals surface area contributed by atoms with Crippen molar-refractivity contribution < 1.29 is 4.79 Å². The van der Waals surface area contributed by atoms with E-state index in [9.17, 15) is 4.79 Å². The van der Waals surface area contributed by atoms with Gasteiger partial charge in [0.2, 0.25) is 0 Å². The van der Waals surface area contributed by atoms with E-state index in [1.165, 1.54) is 6.42 Å². The van der Waals surface area contributed by atoms with Crippen LogP contribution in [0, 0.1) is 0 Å². The molecule has 1 aromatic carbocycles. The maximum Gasteiger partial charge on any atom is 0.253 e. The van der Waals surface area contributed by atoms with Crippen LogP contribution in [0.25, 0.3) is 0 Å². The van der Waals surface area contributed by atoms with Crippen LogP contribution >= 0.6 is 11.6 Å². The van der Waals surface area contributed by atoms with Gasteiger partial charge in [-0.3, -0.25) is 9.69 Å². The Bertz CT molecular complexity index is 411. The van der Waals surface area contributed by atoms with Crippen LogP contribution in [-0.4, -0.2) is 48.4 Å². The highest BCUT2D eigenvalue weighted by molar-refractivity contribution is 6.17. The highest BCUT2D eigenvalue weighted by atomic mass is 35.5. The first-order valence-electron chi connectivity index (χ1n) is 6.91. The maximum absolute atomic E-state index is 12.3. The van der Waals surface area contributed by atoms with Gasteiger partial charge >= 0.3 is 0 Å². The summed E-state index contributed by atoms with van der Waals surface area (Å²) < 4.78 is 0. The van der Waals surface area contributed by atoms with Gasteiger partial charge in [0.1, 0.15) is 0 Å². The molecule has 19 heavy (non-hydrogen) atoms. The Morgan fingerprint density at radius 3 is 2.32 bits per heavy atom. The first-order valence-corrected chi connectivity index (χ1v) is 7.44. The fourth-order valence-electron chi connectivity index (χ4n) is 2.41. The zero-order valence-corrected chi connectivity index (χ0v) is 12.2. The number of hydrogen-bond donors (Lipinski definition) is 0. The largest absolute Gasteiger partial charge is 0.336 e. The zero-order valence-electron chi connectivity index (χ0n) is 11.4. The molecule has 0 atom stereocenters. The standard InChI is InChI=1S/C15H21ClN2O/c1-2-7-17-8-10-18(11-9-17)15(19)14-5-3-13(12-16)4-6-14/h3-6H,2,7-12H2,1H3.